The lowest BCUT2D eigenvalue weighted by Crippen LogP contribution is -2.59. The van der Waals surface area contributed by atoms with Gasteiger partial charge in [0.15, 0.2) is 0 Å². The van der Waals surface area contributed by atoms with Crippen LogP contribution in [0.15, 0.2) is 36.5 Å². The molecule has 1 aromatic heterocycles. The number of nitrogens with zero attached hydrogens (tertiary/aromatic N) is 2. The van der Waals surface area contributed by atoms with E-state index in [1.807, 2.05) is 17.7 Å². The maximum Gasteiger partial charge on any atom is 0.405 e. The number of allylic oxidation sites excluding steroid dienone is 1. The van der Waals surface area contributed by atoms with E-state index < -0.39 is 86.6 Å². The fourth-order valence-electron chi connectivity index (χ4n) is 7.42. The second-order valence-electron chi connectivity index (χ2n) is 14.6. The summed E-state index contributed by atoms with van der Waals surface area (Å²) in [5.41, 5.74) is -1.70. The summed E-state index contributed by atoms with van der Waals surface area (Å²) in [7, 11) is -2.97. The third-order valence-corrected chi connectivity index (χ3v) is 12.9. The first-order chi connectivity index (χ1) is 24.6. The van der Waals surface area contributed by atoms with Gasteiger partial charge in [0.2, 0.25) is 27.7 Å². The van der Waals surface area contributed by atoms with Gasteiger partial charge in [-0.15, -0.1) is 0 Å². The molecule has 17 heteroatoms. The summed E-state index contributed by atoms with van der Waals surface area (Å²) < 4.78 is 66.4. The van der Waals surface area contributed by atoms with E-state index in [0.717, 1.165) is 6.20 Å². The third-order valence-electron chi connectivity index (χ3n) is 10.8. The van der Waals surface area contributed by atoms with Gasteiger partial charge < -0.3 is 30.1 Å². The van der Waals surface area contributed by atoms with Crippen LogP contribution in [0.3, 0.4) is 0 Å². The van der Waals surface area contributed by atoms with Gasteiger partial charge in [-0.3, -0.25) is 19.1 Å². The number of alkyl halides is 1. The molecule has 2 aliphatic carbocycles. The summed E-state index contributed by atoms with van der Waals surface area (Å²) in [6.45, 7) is 2.38. The van der Waals surface area contributed by atoms with Crippen LogP contribution < -0.4 is 24.8 Å². The lowest BCUT2D eigenvalue weighted by Gasteiger charge is -2.32. The summed E-state index contributed by atoms with van der Waals surface area (Å²) in [6.07, 6.45) is 4.05. The standard InChI is InChI=1S/C35H43F2N5O9S/c1-19-6-4-5-7-21-15-35(21,32(45)41-52(48,49)34(18-36)10-11-34)40-29(43)27-14-23(17-42(27)31(44)28(20(2)12-19)39-33(46)47)51-30-24-9-8-22(50-3)13-25(24)26(37)16-38-30/h5,7-9,13,16,19-21,23,27-28,39H,4,6,10-12,14-15,17-18H2,1-3H3,(H,40,43)(H,41,45)(H,46,47)/b7-5-/t19-,20-,21-,23-,27+,28+,35-/m1/s1. The van der Waals surface area contributed by atoms with Crippen LogP contribution in [0, 0.1) is 23.6 Å². The van der Waals surface area contributed by atoms with Crippen LogP contribution in [-0.4, -0.2) is 96.0 Å². The normalized spacial score (nSPS) is 30.8. The van der Waals surface area contributed by atoms with Crippen molar-refractivity contribution in [2.45, 2.75) is 87.3 Å². The number of fused-ring (bicyclic) bond motifs is 3. The number of amides is 4. The maximum atomic E-state index is 14.8. The third kappa shape index (κ3) is 7.11. The number of pyridine rings is 1. The number of methoxy groups -OCH3 is 1. The summed E-state index contributed by atoms with van der Waals surface area (Å²) in [4.78, 5) is 59.6. The molecule has 0 radical (unpaired) electrons. The summed E-state index contributed by atoms with van der Waals surface area (Å²) in [5, 5.41) is 15.2. The molecule has 2 saturated carbocycles. The second kappa shape index (κ2) is 14.1. The van der Waals surface area contributed by atoms with Gasteiger partial charge in [-0.25, -0.2) is 27.0 Å². The van der Waals surface area contributed by atoms with Gasteiger partial charge in [-0.05, 0) is 68.6 Å². The fraction of sp³-hybridized carbons (Fsp3) is 0.571. The van der Waals surface area contributed by atoms with Crippen molar-refractivity contribution in [2.24, 2.45) is 17.8 Å². The topological polar surface area (TPSA) is 193 Å². The van der Waals surface area contributed by atoms with Crippen molar-refractivity contribution in [3.8, 4) is 11.6 Å². The van der Waals surface area contributed by atoms with Crippen molar-refractivity contribution in [1.29, 1.82) is 0 Å². The first kappa shape index (κ1) is 37.2. The van der Waals surface area contributed by atoms with Crippen LogP contribution in [-0.2, 0) is 24.4 Å². The van der Waals surface area contributed by atoms with Gasteiger partial charge in [0, 0.05) is 23.1 Å². The van der Waals surface area contributed by atoms with E-state index >= 15 is 0 Å². The molecule has 2 aromatic rings. The zero-order chi connectivity index (χ0) is 37.6. The molecule has 4 aliphatic rings. The van der Waals surface area contributed by atoms with Crippen LogP contribution in [0.25, 0.3) is 10.8 Å². The number of carbonyl (C=O) groups excluding carboxylic acids is 3. The molecular formula is C35H43F2N5O9S. The summed E-state index contributed by atoms with van der Waals surface area (Å²) in [5.74, 6) is -3.69. The number of aromatic nitrogens is 1. The molecule has 4 amide bonds. The predicted molar refractivity (Wildman–Crippen MR) is 183 cm³/mol. The number of benzene rings is 1. The van der Waals surface area contributed by atoms with Crippen molar-refractivity contribution in [3.63, 3.8) is 0 Å². The Morgan fingerprint density at radius 1 is 1.17 bits per heavy atom. The highest BCUT2D eigenvalue weighted by atomic mass is 32.2. The molecule has 7 atom stereocenters. The Balaban J connectivity index is 1.34. The van der Waals surface area contributed by atoms with Crippen LogP contribution in [0.2, 0.25) is 0 Å². The molecular weight excluding hydrogens is 704 g/mol. The highest BCUT2D eigenvalue weighted by Crippen LogP contribution is 2.48. The number of nitrogens with one attached hydrogen (secondary N) is 3. The highest BCUT2D eigenvalue weighted by Gasteiger charge is 2.64. The van der Waals surface area contributed by atoms with Crippen LogP contribution in [0.5, 0.6) is 11.6 Å². The molecule has 0 bridgehead atoms. The van der Waals surface area contributed by atoms with E-state index in [1.165, 1.54) is 18.1 Å². The average molecular weight is 748 g/mol. The van der Waals surface area contributed by atoms with Gasteiger partial charge in [-0.1, -0.05) is 26.0 Å². The Hall–Kier alpha value is -4.54. The van der Waals surface area contributed by atoms with Crippen molar-refractivity contribution in [1.82, 2.24) is 25.2 Å². The molecule has 52 heavy (non-hydrogen) atoms. The van der Waals surface area contributed by atoms with E-state index in [2.05, 4.69) is 15.6 Å². The lowest BCUT2D eigenvalue weighted by molar-refractivity contribution is -0.142. The Labute approximate surface area is 299 Å². The molecule has 0 spiro atoms. The second-order valence-corrected chi connectivity index (χ2v) is 16.7. The molecule has 0 unspecified atom stereocenters. The van der Waals surface area contributed by atoms with E-state index in [9.17, 15) is 41.5 Å². The number of hydrogen-bond acceptors (Lipinski definition) is 9. The van der Waals surface area contributed by atoms with Gasteiger partial charge in [0.1, 0.15) is 46.7 Å². The van der Waals surface area contributed by atoms with Crippen LogP contribution in [0.4, 0.5) is 13.6 Å². The van der Waals surface area contributed by atoms with E-state index in [4.69, 9.17) is 9.47 Å². The molecule has 3 heterocycles. The SMILES string of the molecule is COc1ccc2c(O[C@@H]3C[C@H]4C(=O)N[C@]5(C(=O)NS(=O)(=O)C6(CF)CC6)C[C@H]5/C=C\CC[C@@H](C)C[C@@H](C)[C@H](NC(=O)O)C(=O)N4C3)ncc(F)c2c1. The van der Waals surface area contributed by atoms with E-state index in [-0.39, 0.29) is 49.4 Å². The van der Waals surface area contributed by atoms with Crippen molar-refractivity contribution in [3.05, 3.63) is 42.4 Å². The first-order valence-electron chi connectivity index (χ1n) is 17.3. The minimum Gasteiger partial charge on any atom is -0.497 e. The molecule has 1 saturated heterocycles. The smallest absolute Gasteiger partial charge is 0.405 e. The Morgan fingerprint density at radius 3 is 2.60 bits per heavy atom. The number of halogens is 2. The largest absolute Gasteiger partial charge is 0.497 e. The molecule has 1 aromatic carbocycles. The number of carboxylic acid groups (broad SMARTS) is 1. The predicted octanol–water partition coefficient (Wildman–Crippen LogP) is 3.20. The number of ether oxygens (including phenoxy) is 2. The van der Waals surface area contributed by atoms with Gasteiger partial charge in [0.25, 0.3) is 5.91 Å². The summed E-state index contributed by atoms with van der Waals surface area (Å²) in [6, 6.07) is 2.11. The maximum absolute atomic E-state index is 14.8. The number of sulfonamides is 1. The minimum absolute atomic E-state index is 0.0253. The molecule has 3 fully saturated rings. The molecule has 14 nitrogen and oxygen atoms in total. The zero-order valence-corrected chi connectivity index (χ0v) is 29.9. The van der Waals surface area contributed by atoms with Crippen LogP contribution in [0.1, 0.15) is 58.8 Å². The van der Waals surface area contributed by atoms with E-state index in [1.54, 1.807) is 25.1 Å². The molecule has 6 rings (SSSR count). The Morgan fingerprint density at radius 2 is 1.92 bits per heavy atom. The molecule has 4 N–H and O–H groups in total. The highest BCUT2D eigenvalue weighted by molar-refractivity contribution is 7.91. The molecule has 2 aliphatic heterocycles. The van der Waals surface area contributed by atoms with Crippen molar-refractivity contribution < 1.29 is 51.0 Å². The van der Waals surface area contributed by atoms with E-state index in [0.29, 0.717) is 30.4 Å². The zero-order valence-electron chi connectivity index (χ0n) is 29.1. The quantitative estimate of drug-likeness (QED) is 0.292. The van der Waals surface area contributed by atoms with Crippen LogP contribution >= 0.6 is 0 Å². The molecule has 282 valence electrons. The fourth-order valence-corrected chi connectivity index (χ4v) is 8.85. The average Bonchev–Trinajstić information content (AvgIpc) is 4.01. The van der Waals surface area contributed by atoms with Crippen molar-refractivity contribution in [2.75, 3.05) is 20.3 Å². The number of rotatable bonds is 8. The first-order valence-corrected chi connectivity index (χ1v) is 18.8. The lowest BCUT2D eigenvalue weighted by atomic mass is 9.88. The Kier molecular flexibility index (Phi) is 10.1. The van der Waals surface area contributed by atoms with Crippen molar-refractivity contribution >= 4 is 44.6 Å². The number of hydrogen-bond donors (Lipinski definition) is 4. The number of carbonyl (C=O) groups is 4. The van der Waals surface area contributed by atoms with Gasteiger partial charge in [-0.2, -0.15) is 0 Å². The van der Waals surface area contributed by atoms with Gasteiger partial charge >= 0.3 is 6.09 Å². The minimum atomic E-state index is -4.41. The Bertz CT molecular complexity index is 1910. The summed E-state index contributed by atoms with van der Waals surface area (Å²) >= 11 is 0. The monoisotopic (exact) mass is 747 g/mol. The van der Waals surface area contributed by atoms with Gasteiger partial charge in [0.05, 0.1) is 19.9 Å².